The first kappa shape index (κ1) is 7.62. The lowest BCUT2D eigenvalue weighted by atomic mass is 10.3. The van der Waals surface area contributed by atoms with Gasteiger partial charge in [0.25, 0.3) is 0 Å². The number of aromatic nitrogens is 2. The Labute approximate surface area is 78.3 Å². The molecule has 0 aromatic carbocycles. The molecule has 0 amide bonds. The molecule has 12 heavy (non-hydrogen) atoms. The largest absolute Gasteiger partial charge is 0.369 e. The lowest BCUT2D eigenvalue weighted by Crippen LogP contribution is -2.17. The summed E-state index contributed by atoms with van der Waals surface area (Å²) < 4.78 is 2.46. The molecule has 0 fully saturated rings. The summed E-state index contributed by atoms with van der Waals surface area (Å²) in [5, 5.41) is 16.1. The number of anilines is 1. The molecule has 1 aromatic rings. The summed E-state index contributed by atoms with van der Waals surface area (Å²) in [5.74, 6) is 0.843. The second kappa shape index (κ2) is 2.79. The molecule has 1 aliphatic heterocycles. The van der Waals surface area contributed by atoms with Crippen LogP contribution in [0.3, 0.4) is 0 Å². The van der Waals surface area contributed by atoms with E-state index in [1.165, 1.54) is 0 Å². The number of fused-ring (bicyclic) bond motifs is 1. The number of rotatable bonds is 0. The van der Waals surface area contributed by atoms with Gasteiger partial charge in [0, 0.05) is 13.1 Å². The molecule has 0 saturated carbocycles. The number of nitriles is 1. The topological polar surface area (TPSA) is 53.6 Å². The quantitative estimate of drug-likeness (QED) is 0.727. The number of nitrogens with zero attached hydrogens (tertiary/aromatic N) is 3. The van der Waals surface area contributed by atoms with Crippen molar-refractivity contribution in [1.29, 1.82) is 5.26 Å². The number of halogens is 1. The Morgan fingerprint density at radius 2 is 2.50 bits per heavy atom. The van der Waals surface area contributed by atoms with Crippen LogP contribution in [-0.2, 0) is 6.54 Å². The van der Waals surface area contributed by atoms with Crippen molar-refractivity contribution in [2.24, 2.45) is 0 Å². The highest BCUT2D eigenvalue weighted by Gasteiger charge is 2.17. The molecule has 1 N–H and O–H groups in total. The second-order valence-electron chi connectivity index (χ2n) is 2.63. The summed E-state index contributed by atoms with van der Waals surface area (Å²) in [6.45, 7) is 1.81. The third kappa shape index (κ3) is 0.994. The lowest BCUT2D eigenvalue weighted by Gasteiger charge is -2.14. The van der Waals surface area contributed by atoms with Crippen LogP contribution in [0.25, 0.3) is 0 Å². The lowest BCUT2D eigenvalue weighted by molar-refractivity contribution is 0.565. The van der Waals surface area contributed by atoms with Gasteiger partial charge in [-0.2, -0.15) is 10.4 Å². The van der Waals surface area contributed by atoms with Crippen LogP contribution in [0.1, 0.15) is 12.0 Å². The zero-order chi connectivity index (χ0) is 8.55. The van der Waals surface area contributed by atoms with Gasteiger partial charge in [-0.25, -0.2) is 4.68 Å². The van der Waals surface area contributed by atoms with Gasteiger partial charge < -0.3 is 5.32 Å². The zero-order valence-electron chi connectivity index (χ0n) is 6.34. The summed E-state index contributed by atoms with van der Waals surface area (Å²) >= 11 is 3.24. The van der Waals surface area contributed by atoms with Gasteiger partial charge in [0.15, 0.2) is 0 Å². The van der Waals surface area contributed by atoms with E-state index in [-0.39, 0.29) is 0 Å². The van der Waals surface area contributed by atoms with Gasteiger partial charge in [-0.1, -0.05) is 0 Å². The fourth-order valence-electron chi connectivity index (χ4n) is 1.31. The van der Waals surface area contributed by atoms with Gasteiger partial charge in [-0.3, -0.25) is 0 Å². The maximum absolute atomic E-state index is 8.79. The van der Waals surface area contributed by atoms with Crippen molar-refractivity contribution in [3.63, 3.8) is 0 Å². The Balaban J connectivity index is 2.56. The smallest absolute Gasteiger partial charge is 0.148 e. The minimum Gasteiger partial charge on any atom is -0.369 e. The van der Waals surface area contributed by atoms with Crippen molar-refractivity contribution in [1.82, 2.24) is 9.78 Å². The summed E-state index contributed by atoms with van der Waals surface area (Å²) in [6.07, 6.45) is 1.06. The van der Waals surface area contributed by atoms with Crippen LogP contribution in [-0.4, -0.2) is 16.3 Å². The maximum Gasteiger partial charge on any atom is 0.148 e. The molecule has 0 aliphatic carbocycles. The van der Waals surface area contributed by atoms with Crippen molar-refractivity contribution in [3.05, 3.63) is 10.2 Å². The molecule has 2 heterocycles. The zero-order valence-corrected chi connectivity index (χ0v) is 7.93. The van der Waals surface area contributed by atoms with E-state index in [1.54, 1.807) is 0 Å². The minimum absolute atomic E-state index is 0.606. The van der Waals surface area contributed by atoms with Crippen LogP contribution in [0.5, 0.6) is 0 Å². The van der Waals surface area contributed by atoms with Crippen molar-refractivity contribution in [2.45, 2.75) is 13.0 Å². The van der Waals surface area contributed by atoms with Gasteiger partial charge in [-0.15, -0.1) is 0 Å². The molecule has 1 aromatic heterocycles. The van der Waals surface area contributed by atoms with Crippen molar-refractivity contribution in [3.8, 4) is 6.07 Å². The third-order valence-corrected chi connectivity index (χ3v) is 2.42. The fourth-order valence-corrected chi connectivity index (χ4v) is 1.78. The van der Waals surface area contributed by atoms with E-state index in [0.29, 0.717) is 10.2 Å². The summed E-state index contributed by atoms with van der Waals surface area (Å²) in [5.41, 5.74) is 0.606. The number of hydrogen-bond acceptors (Lipinski definition) is 3. The molecule has 1 aliphatic rings. The minimum atomic E-state index is 0.606. The van der Waals surface area contributed by atoms with E-state index in [1.807, 2.05) is 4.68 Å². The fraction of sp³-hybridized carbons (Fsp3) is 0.429. The molecule has 0 saturated heterocycles. The SMILES string of the molecule is N#Cc1c(Br)nn2c1NCCC2. The first-order chi connectivity index (χ1) is 5.83. The van der Waals surface area contributed by atoms with Crippen molar-refractivity contribution >= 4 is 21.7 Å². The van der Waals surface area contributed by atoms with E-state index in [9.17, 15) is 0 Å². The second-order valence-corrected chi connectivity index (χ2v) is 3.38. The van der Waals surface area contributed by atoms with Gasteiger partial charge in [0.1, 0.15) is 22.1 Å². The molecule has 0 radical (unpaired) electrons. The highest BCUT2D eigenvalue weighted by atomic mass is 79.9. The van der Waals surface area contributed by atoms with Gasteiger partial charge in [0.05, 0.1) is 0 Å². The van der Waals surface area contributed by atoms with Gasteiger partial charge in [0.2, 0.25) is 0 Å². The van der Waals surface area contributed by atoms with Crippen molar-refractivity contribution < 1.29 is 0 Å². The Morgan fingerprint density at radius 3 is 3.25 bits per heavy atom. The molecule has 0 unspecified atom stereocenters. The highest BCUT2D eigenvalue weighted by molar-refractivity contribution is 9.10. The molecule has 62 valence electrons. The number of hydrogen-bond donors (Lipinski definition) is 1. The van der Waals surface area contributed by atoms with E-state index < -0.39 is 0 Å². The molecule has 5 heteroatoms. The van der Waals surface area contributed by atoms with Crippen LogP contribution in [0.2, 0.25) is 0 Å². The third-order valence-electron chi connectivity index (χ3n) is 1.86. The summed E-state index contributed by atoms with van der Waals surface area (Å²) in [4.78, 5) is 0. The number of aryl methyl sites for hydroxylation is 1. The Bertz CT molecular complexity index is 349. The molecule has 4 nitrogen and oxygen atoms in total. The first-order valence-corrected chi connectivity index (χ1v) is 4.52. The molecular weight excluding hydrogens is 220 g/mol. The van der Waals surface area contributed by atoms with Crippen LogP contribution >= 0.6 is 15.9 Å². The predicted molar refractivity (Wildman–Crippen MR) is 47.7 cm³/mol. The Hall–Kier alpha value is -1.02. The first-order valence-electron chi connectivity index (χ1n) is 3.73. The van der Waals surface area contributed by atoms with E-state index in [4.69, 9.17) is 5.26 Å². The Morgan fingerprint density at radius 1 is 1.67 bits per heavy atom. The van der Waals surface area contributed by atoms with Crippen LogP contribution < -0.4 is 5.32 Å². The van der Waals surface area contributed by atoms with Crippen LogP contribution in [0.4, 0.5) is 5.82 Å². The van der Waals surface area contributed by atoms with Crippen molar-refractivity contribution in [2.75, 3.05) is 11.9 Å². The summed E-state index contributed by atoms with van der Waals surface area (Å²) in [6, 6.07) is 2.11. The summed E-state index contributed by atoms with van der Waals surface area (Å²) in [7, 11) is 0. The number of nitrogens with one attached hydrogen (secondary N) is 1. The maximum atomic E-state index is 8.79. The Kier molecular flexibility index (Phi) is 1.77. The standard InChI is InChI=1S/C7H7BrN4/c8-6-5(4-9)7-10-2-1-3-12(7)11-6/h10H,1-3H2. The molecule has 0 bridgehead atoms. The molecule has 0 spiro atoms. The van der Waals surface area contributed by atoms with Crippen LogP contribution in [0, 0.1) is 11.3 Å². The van der Waals surface area contributed by atoms with E-state index >= 15 is 0 Å². The average Bonchev–Trinajstić information content (AvgIpc) is 2.40. The monoisotopic (exact) mass is 226 g/mol. The predicted octanol–water partition coefficient (Wildman–Crippen LogP) is 1.33. The normalized spacial score (nSPS) is 14.7. The van der Waals surface area contributed by atoms with Gasteiger partial charge in [-0.05, 0) is 22.4 Å². The van der Waals surface area contributed by atoms with Crippen LogP contribution in [0.15, 0.2) is 4.60 Å². The molecule has 2 rings (SSSR count). The van der Waals surface area contributed by atoms with E-state index in [2.05, 4.69) is 32.4 Å². The van der Waals surface area contributed by atoms with Gasteiger partial charge >= 0.3 is 0 Å². The highest BCUT2D eigenvalue weighted by Crippen LogP contribution is 2.25. The average molecular weight is 227 g/mol. The molecule has 0 atom stereocenters. The molecular formula is C7H7BrN4. The van der Waals surface area contributed by atoms with E-state index in [0.717, 1.165) is 25.3 Å².